The first-order valence-corrected chi connectivity index (χ1v) is 4.83. The lowest BCUT2D eigenvalue weighted by Crippen LogP contribution is -2.11. The van der Waals surface area contributed by atoms with E-state index in [9.17, 15) is 0 Å². The number of oxime groups is 1. The molecule has 1 heterocycles. The monoisotopic (exact) mass is 236 g/mol. The molecule has 1 aromatic heterocycles. The SMILES string of the molecule is COc1cc2cc(/C(N)=N\O)oc2cc1OC. The summed E-state index contributed by atoms with van der Waals surface area (Å²) in [6.45, 7) is 0. The Morgan fingerprint density at radius 3 is 2.47 bits per heavy atom. The van der Waals surface area contributed by atoms with Crippen LogP contribution in [-0.2, 0) is 0 Å². The molecule has 0 saturated carbocycles. The Labute approximate surface area is 97.2 Å². The van der Waals surface area contributed by atoms with Gasteiger partial charge in [-0.1, -0.05) is 5.16 Å². The fourth-order valence-electron chi connectivity index (χ4n) is 1.54. The predicted octanol–water partition coefficient (Wildman–Crippen LogP) is 1.54. The summed E-state index contributed by atoms with van der Waals surface area (Å²) in [5.74, 6) is 1.35. The molecule has 0 aliphatic heterocycles. The Bertz CT molecular complexity index is 533. The number of hydrogen-bond acceptors (Lipinski definition) is 5. The number of fused-ring (bicyclic) bond motifs is 1. The molecule has 6 nitrogen and oxygen atoms in total. The molecule has 0 aliphatic rings. The summed E-state index contributed by atoms with van der Waals surface area (Å²) in [7, 11) is 3.09. The second kappa shape index (κ2) is 4.25. The van der Waals surface area contributed by atoms with Crippen LogP contribution in [0.4, 0.5) is 0 Å². The topological polar surface area (TPSA) is 90.2 Å². The molecule has 0 fully saturated rings. The summed E-state index contributed by atoms with van der Waals surface area (Å²) in [5, 5.41) is 12.2. The molecule has 0 saturated heterocycles. The quantitative estimate of drug-likeness (QED) is 0.365. The van der Waals surface area contributed by atoms with Crippen molar-refractivity contribution in [3.63, 3.8) is 0 Å². The van der Waals surface area contributed by atoms with Crippen LogP contribution in [0.3, 0.4) is 0 Å². The molecule has 0 aliphatic carbocycles. The maximum Gasteiger partial charge on any atom is 0.205 e. The number of ether oxygens (including phenoxy) is 2. The number of methoxy groups -OCH3 is 2. The van der Waals surface area contributed by atoms with E-state index in [4.69, 9.17) is 24.8 Å². The zero-order valence-corrected chi connectivity index (χ0v) is 9.43. The highest BCUT2D eigenvalue weighted by Crippen LogP contribution is 2.33. The van der Waals surface area contributed by atoms with Gasteiger partial charge in [0.05, 0.1) is 14.2 Å². The average molecular weight is 236 g/mol. The lowest BCUT2D eigenvalue weighted by Gasteiger charge is -2.06. The summed E-state index contributed by atoms with van der Waals surface area (Å²) in [6.07, 6.45) is 0. The molecule has 3 N–H and O–H groups in total. The number of nitrogens with two attached hydrogens (primary N) is 1. The van der Waals surface area contributed by atoms with Gasteiger partial charge >= 0.3 is 0 Å². The van der Waals surface area contributed by atoms with E-state index in [-0.39, 0.29) is 11.6 Å². The van der Waals surface area contributed by atoms with Crippen LogP contribution in [0.25, 0.3) is 11.0 Å². The molecular weight excluding hydrogens is 224 g/mol. The van der Waals surface area contributed by atoms with E-state index < -0.39 is 0 Å². The van der Waals surface area contributed by atoms with Crippen molar-refractivity contribution < 1.29 is 19.1 Å². The zero-order chi connectivity index (χ0) is 12.4. The first-order valence-electron chi connectivity index (χ1n) is 4.83. The summed E-state index contributed by atoms with van der Waals surface area (Å²) < 4.78 is 15.7. The van der Waals surface area contributed by atoms with Crippen LogP contribution >= 0.6 is 0 Å². The van der Waals surface area contributed by atoms with Crippen molar-refractivity contribution >= 4 is 16.8 Å². The van der Waals surface area contributed by atoms with Gasteiger partial charge in [0.1, 0.15) is 5.58 Å². The highest BCUT2D eigenvalue weighted by Gasteiger charge is 2.12. The number of nitrogens with zero attached hydrogens (tertiary/aromatic N) is 1. The predicted molar refractivity (Wildman–Crippen MR) is 61.8 cm³/mol. The average Bonchev–Trinajstić information content (AvgIpc) is 2.78. The fraction of sp³-hybridized carbons (Fsp3) is 0.182. The zero-order valence-electron chi connectivity index (χ0n) is 9.43. The molecule has 0 bridgehead atoms. The molecule has 6 heteroatoms. The number of hydrogen-bond donors (Lipinski definition) is 2. The van der Waals surface area contributed by atoms with Gasteiger partial charge < -0.3 is 24.8 Å². The lowest BCUT2D eigenvalue weighted by atomic mass is 10.2. The Morgan fingerprint density at radius 1 is 1.24 bits per heavy atom. The van der Waals surface area contributed by atoms with Crippen LogP contribution in [0.2, 0.25) is 0 Å². The lowest BCUT2D eigenvalue weighted by molar-refractivity contribution is 0.317. The van der Waals surface area contributed by atoms with E-state index in [1.54, 1.807) is 25.3 Å². The summed E-state index contributed by atoms with van der Waals surface area (Å²) in [6, 6.07) is 5.10. The van der Waals surface area contributed by atoms with Crippen molar-refractivity contribution in [2.24, 2.45) is 10.9 Å². The van der Waals surface area contributed by atoms with E-state index in [0.717, 1.165) is 5.39 Å². The molecule has 0 radical (unpaired) electrons. The van der Waals surface area contributed by atoms with Crippen LogP contribution in [-0.4, -0.2) is 25.3 Å². The van der Waals surface area contributed by atoms with Crippen LogP contribution in [0, 0.1) is 0 Å². The number of furan rings is 1. The first-order chi connectivity index (χ1) is 8.19. The summed E-state index contributed by atoms with van der Waals surface area (Å²) in [4.78, 5) is 0. The largest absolute Gasteiger partial charge is 0.493 e. The molecule has 17 heavy (non-hydrogen) atoms. The fourth-order valence-corrected chi connectivity index (χ4v) is 1.54. The Hall–Kier alpha value is -2.37. The third-order valence-corrected chi connectivity index (χ3v) is 2.38. The smallest absolute Gasteiger partial charge is 0.205 e. The van der Waals surface area contributed by atoms with E-state index >= 15 is 0 Å². The van der Waals surface area contributed by atoms with Crippen molar-refractivity contribution in [2.45, 2.75) is 0 Å². The number of amidine groups is 1. The minimum atomic E-state index is -0.0841. The van der Waals surface area contributed by atoms with Crippen LogP contribution in [0.5, 0.6) is 11.5 Å². The van der Waals surface area contributed by atoms with Crippen molar-refractivity contribution in [1.29, 1.82) is 0 Å². The molecular formula is C11H12N2O4. The van der Waals surface area contributed by atoms with Gasteiger partial charge in [-0.05, 0) is 12.1 Å². The van der Waals surface area contributed by atoms with E-state index in [1.165, 1.54) is 7.11 Å². The highest BCUT2D eigenvalue weighted by atomic mass is 16.5. The van der Waals surface area contributed by atoms with Crippen LogP contribution in [0.1, 0.15) is 5.76 Å². The number of benzene rings is 1. The van der Waals surface area contributed by atoms with Crippen molar-refractivity contribution in [3.05, 3.63) is 24.0 Å². The molecule has 0 atom stereocenters. The third kappa shape index (κ3) is 1.84. The second-order valence-corrected chi connectivity index (χ2v) is 3.34. The molecule has 90 valence electrons. The maximum absolute atomic E-state index is 8.57. The Morgan fingerprint density at radius 2 is 1.88 bits per heavy atom. The van der Waals surface area contributed by atoms with Crippen molar-refractivity contribution in [3.8, 4) is 11.5 Å². The maximum atomic E-state index is 8.57. The van der Waals surface area contributed by atoms with Gasteiger partial charge in [-0.25, -0.2) is 0 Å². The standard InChI is InChI=1S/C11H12N2O4/c1-15-8-3-6-4-10(11(12)13-14)17-7(6)5-9(8)16-2/h3-5,14H,1-2H3,(H2,12,13). The first kappa shape index (κ1) is 11.1. The Balaban J connectivity index is 2.61. The van der Waals surface area contributed by atoms with Gasteiger partial charge in [-0.15, -0.1) is 0 Å². The molecule has 0 spiro atoms. The van der Waals surface area contributed by atoms with E-state index in [2.05, 4.69) is 5.16 Å². The summed E-state index contributed by atoms with van der Waals surface area (Å²) in [5.41, 5.74) is 6.02. The van der Waals surface area contributed by atoms with E-state index in [1.807, 2.05) is 0 Å². The van der Waals surface area contributed by atoms with Crippen molar-refractivity contribution in [1.82, 2.24) is 0 Å². The molecule has 2 rings (SSSR count). The summed E-state index contributed by atoms with van der Waals surface area (Å²) >= 11 is 0. The van der Waals surface area contributed by atoms with Gasteiger partial charge in [0.2, 0.25) is 5.84 Å². The van der Waals surface area contributed by atoms with Gasteiger partial charge in [0.15, 0.2) is 17.3 Å². The van der Waals surface area contributed by atoms with Crippen LogP contribution < -0.4 is 15.2 Å². The van der Waals surface area contributed by atoms with Crippen molar-refractivity contribution in [2.75, 3.05) is 14.2 Å². The van der Waals surface area contributed by atoms with E-state index in [0.29, 0.717) is 17.1 Å². The molecule has 2 aromatic rings. The number of rotatable bonds is 3. The molecule has 0 unspecified atom stereocenters. The van der Waals surface area contributed by atoms with Crippen LogP contribution in [0.15, 0.2) is 27.8 Å². The molecule has 1 aromatic carbocycles. The van der Waals surface area contributed by atoms with Gasteiger partial charge in [0, 0.05) is 11.5 Å². The van der Waals surface area contributed by atoms with Gasteiger partial charge in [0.25, 0.3) is 0 Å². The Kier molecular flexibility index (Phi) is 2.78. The van der Waals surface area contributed by atoms with Gasteiger partial charge in [-0.3, -0.25) is 0 Å². The minimum Gasteiger partial charge on any atom is -0.493 e. The van der Waals surface area contributed by atoms with Gasteiger partial charge in [-0.2, -0.15) is 0 Å². The minimum absolute atomic E-state index is 0.0841. The third-order valence-electron chi connectivity index (χ3n) is 2.38. The normalized spacial score (nSPS) is 11.8. The second-order valence-electron chi connectivity index (χ2n) is 3.34. The highest BCUT2D eigenvalue weighted by molar-refractivity contribution is 5.98. The molecule has 0 amide bonds.